The van der Waals surface area contributed by atoms with E-state index in [9.17, 15) is 14.4 Å². The molecule has 0 aliphatic heterocycles. The Morgan fingerprint density at radius 1 is 0.256 bits per heavy atom. The molecule has 0 radical (unpaired) electrons. The van der Waals surface area contributed by atoms with Gasteiger partial charge in [0.1, 0.15) is 13.2 Å². The molecule has 6 nitrogen and oxygen atoms in total. The molecule has 0 rings (SSSR count). The lowest BCUT2D eigenvalue weighted by molar-refractivity contribution is -0.167. The maximum Gasteiger partial charge on any atom is 0.306 e. The summed E-state index contributed by atoms with van der Waals surface area (Å²) >= 11 is 0. The zero-order valence-corrected chi connectivity index (χ0v) is 54.2. The van der Waals surface area contributed by atoms with E-state index in [1.54, 1.807) is 0 Å². The molecule has 0 aromatic carbocycles. The lowest BCUT2D eigenvalue weighted by atomic mass is 10.0. The van der Waals surface area contributed by atoms with E-state index in [2.05, 4.69) is 118 Å². The normalized spacial score (nSPS) is 12.7. The highest BCUT2D eigenvalue weighted by Gasteiger charge is 2.19. The number of rotatable bonds is 64. The van der Waals surface area contributed by atoms with Gasteiger partial charge >= 0.3 is 17.9 Å². The van der Waals surface area contributed by atoms with Crippen LogP contribution >= 0.6 is 0 Å². The fourth-order valence-electron chi connectivity index (χ4n) is 10.1. The lowest BCUT2D eigenvalue weighted by Gasteiger charge is -2.18. The van der Waals surface area contributed by atoms with Crippen LogP contribution in [0.5, 0.6) is 0 Å². The summed E-state index contributed by atoms with van der Waals surface area (Å²) in [5.74, 6) is -0.954. The predicted octanol–water partition coefficient (Wildman–Crippen LogP) is 24.4. The van der Waals surface area contributed by atoms with Gasteiger partial charge in [-0.15, -0.1) is 0 Å². The number of carbonyl (C=O) groups is 3. The van der Waals surface area contributed by atoms with Gasteiger partial charge in [-0.2, -0.15) is 0 Å². The monoisotopic (exact) mass is 1140 g/mol. The Balaban J connectivity index is 4.39. The van der Waals surface area contributed by atoms with Crippen LogP contribution in [-0.2, 0) is 28.6 Å². The Bertz CT molecular complexity index is 1590. The molecule has 0 aromatic heterocycles. The topological polar surface area (TPSA) is 78.9 Å². The molecule has 0 saturated carbocycles. The Morgan fingerprint density at radius 3 is 0.793 bits per heavy atom. The summed E-state index contributed by atoms with van der Waals surface area (Å²) in [7, 11) is 0. The molecule has 0 saturated heterocycles. The third kappa shape index (κ3) is 67.1. The second-order valence-electron chi connectivity index (χ2n) is 23.4. The molecule has 0 amide bonds. The van der Waals surface area contributed by atoms with E-state index < -0.39 is 6.10 Å². The number of hydrogen-bond acceptors (Lipinski definition) is 6. The molecule has 6 heteroatoms. The number of hydrogen-bond donors (Lipinski definition) is 0. The molecule has 0 aliphatic carbocycles. The maximum absolute atomic E-state index is 12.9. The van der Waals surface area contributed by atoms with Crippen LogP contribution < -0.4 is 0 Å². The van der Waals surface area contributed by atoms with Crippen molar-refractivity contribution in [3.05, 3.63) is 97.2 Å². The van der Waals surface area contributed by atoms with Crippen LogP contribution in [0.1, 0.15) is 348 Å². The van der Waals surface area contributed by atoms with Crippen molar-refractivity contribution in [1.82, 2.24) is 0 Å². The van der Waals surface area contributed by atoms with Crippen molar-refractivity contribution < 1.29 is 28.6 Å². The van der Waals surface area contributed by atoms with Crippen molar-refractivity contribution in [2.45, 2.75) is 354 Å². The van der Waals surface area contributed by atoms with E-state index in [1.165, 1.54) is 205 Å². The van der Waals surface area contributed by atoms with Crippen molar-refractivity contribution in [3.8, 4) is 0 Å². The van der Waals surface area contributed by atoms with Gasteiger partial charge in [-0.25, -0.2) is 0 Å². The molecule has 1 atom stereocenters. The van der Waals surface area contributed by atoms with E-state index in [1.807, 2.05) is 0 Å². The number of esters is 3. The van der Waals surface area contributed by atoms with Gasteiger partial charge in [-0.1, -0.05) is 330 Å². The van der Waals surface area contributed by atoms with E-state index in [0.717, 1.165) is 96.3 Å². The number of carbonyl (C=O) groups excluding carboxylic acids is 3. The standard InChI is InChI=1S/C76H132O6/c1-4-7-10-13-16-19-22-25-28-30-32-34-36-37-38-40-41-43-45-48-51-54-57-60-63-66-69-75(78)81-72-73(71-80-74(77)68-65-62-59-56-53-50-47-27-24-21-18-15-12-9-6-3)82-76(79)70-67-64-61-58-55-52-49-46-44-42-39-35-33-31-29-26-23-20-17-14-11-8-5-2/h8,11,17,20,26-27,29,33,35,42,44,47,49,52,58,61,73H,4-7,9-10,12-16,18-19,21-25,28,30-32,34,36-41,43,45-46,48,50-51,53-57,59-60,62-72H2,1-3H3/b11-8-,20-17-,29-26-,35-33-,44-42-,47-27-,52-49-,61-58-. The second kappa shape index (κ2) is 69.8. The molecule has 0 bridgehead atoms. The summed E-state index contributed by atoms with van der Waals surface area (Å²) < 4.78 is 16.9. The molecule has 0 spiro atoms. The molecule has 1 unspecified atom stereocenters. The van der Waals surface area contributed by atoms with Crippen LogP contribution in [0, 0.1) is 0 Å². The average molecular weight is 1140 g/mol. The van der Waals surface area contributed by atoms with Gasteiger partial charge in [0.2, 0.25) is 0 Å². The summed E-state index contributed by atoms with van der Waals surface area (Å²) in [6.45, 7) is 6.51. The minimum absolute atomic E-state index is 0.101. The van der Waals surface area contributed by atoms with Gasteiger partial charge in [-0.3, -0.25) is 14.4 Å². The Morgan fingerprint density at radius 2 is 0.488 bits per heavy atom. The summed E-state index contributed by atoms with van der Waals surface area (Å²) in [6, 6.07) is 0. The van der Waals surface area contributed by atoms with E-state index in [-0.39, 0.29) is 37.5 Å². The van der Waals surface area contributed by atoms with Crippen molar-refractivity contribution in [2.75, 3.05) is 13.2 Å². The average Bonchev–Trinajstić information content (AvgIpc) is 3.47. The largest absolute Gasteiger partial charge is 0.462 e. The predicted molar refractivity (Wildman–Crippen MR) is 357 cm³/mol. The third-order valence-electron chi connectivity index (χ3n) is 15.3. The van der Waals surface area contributed by atoms with Gasteiger partial charge < -0.3 is 14.2 Å². The van der Waals surface area contributed by atoms with Gasteiger partial charge in [-0.05, 0) is 96.3 Å². The quantitative estimate of drug-likeness (QED) is 0.0261. The van der Waals surface area contributed by atoms with Crippen molar-refractivity contribution in [1.29, 1.82) is 0 Å². The third-order valence-corrected chi connectivity index (χ3v) is 15.3. The van der Waals surface area contributed by atoms with E-state index in [4.69, 9.17) is 14.2 Å². The second-order valence-corrected chi connectivity index (χ2v) is 23.4. The van der Waals surface area contributed by atoms with Gasteiger partial charge in [0.15, 0.2) is 6.10 Å². The Labute approximate surface area is 508 Å². The molecule has 472 valence electrons. The number of allylic oxidation sites excluding steroid dienone is 16. The molecule has 0 heterocycles. The lowest BCUT2D eigenvalue weighted by Crippen LogP contribution is -2.30. The first-order valence-corrected chi connectivity index (χ1v) is 35.2. The fraction of sp³-hybridized carbons (Fsp3) is 0.750. The van der Waals surface area contributed by atoms with Gasteiger partial charge in [0.25, 0.3) is 0 Å². The first-order chi connectivity index (χ1) is 40.5. The van der Waals surface area contributed by atoms with Crippen LogP contribution in [0.25, 0.3) is 0 Å². The zero-order chi connectivity index (χ0) is 59.2. The molecule has 0 fully saturated rings. The summed E-state index contributed by atoms with van der Waals surface area (Å²) in [5, 5.41) is 0. The molecular formula is C76H132O6. The molecular weight excluding hydrogens is 1010 g/mol. The van der Waals surface area contributed by atoms with Crippen molar-refractivity contribution in [2.24, 2.45) is 0 Å². The minimum Gasteiger partial charge on any atom is -0.462 e. The van der Waals surface area contributed by atoms with Crippen LogP contribution in [0.15, 0.2) is 97.2 Å². The zero-order valence-electron chi connectivity index (χ0n) is 54.2. The van der Waals surface area contributed by atoms with Crippen LogP contribution in [0.3, 0.4) is 0 Å². The fourth-order valence-corrected chi connectivity index (χ4v) is 10.1. The summed E-state index contributed by atoms with van der Waals surface area (Å²) in [4.78, 5) is 38.4. The SMILES string of the molecule is CC/C=C\C/C=C\C/C=C\C/C=C\C/C=C\C/C=C\C/C=C\CCCC(=O)OC(COC(=O)CCCCCCC/C=C\CCCCCCCC)COC(=O)CCCCCCCCCCCCCCCCCCCCCCCCCCCC. The summed E-state index contributed by atoms with van der Waals surface area (Å²) in [6.07, 6.45) is 94.4. The summed E-state index contributed by atoms with van der Waals surface area (Å²) in [5.41, 5.74) is 0. The highest BCUT2D eigenvalue weighted by Crippen LogP contribution is 2.18. The molecule has 0 aliphatic rings. The smallest absolute Gasteiger partial charge is 0.306 e. The van der Waals surface area contributed by atoms with Gasteiger partial charge in [0, 0.05) is 19.3 Å². The highest BCUT2D eigenvalue weighted by atomic mass is 16.6. The number of ether oxygens (including phenoxy) is 3. The minimum atomic E-state index is -0.813. The molecule has 0 aromatic rings. The Hall–Kier alpha value is -3.67. The molecule has 82 heavy (non-hydrogen) atoms. The van der Waals surface area contributed by atoms with E-state index >= 15 is 0 Å². The van der Waals surface area contributed by atoms with Crippen LogP contribution in [0.2, 0.25) is 0 Å². The maximum atomic E-state index is 12.9. The van der Waals surface area contributed by atoms with Crippen molar-refractivity contribution in [3.63, 3.8) is 0 Å². The number of unbranched alkanes of at least 4 members (excludes halogenated alkanes) is 37. The first-order valence-electron chi connectivity index (χ1n) is 35.2. The highest BCUT2D eigenvalue weighted by molar-refractivity contribution is 5.71. The van der Waals surface area contributed by atoms with Gasteiger partial charge in [0.05, 0.1) is 0 Å². The van der Waals surface area contributed by atoms with E-state index in [0.29, 0.717) is 19.3 Å². The van der Waals surface area contributed by atoms with Crippen LogP contribution in [-0.4, -0.2) is 37.2 Å². The molecule has 0 N–H and O–H groups in total. The van der Waals surface area contributed by atoms with Crippen LogP contribution in [0.4, 0.5) is 0 Å². The van der Waals surface area contributed by atoms with Crippen molar-refractivity contribution >= 4 is 17.9 Å². The first kappa shape index (κ1) is 78.3. The Kier molecular flexibility index (Phi) is 66.7.